The first-order chi connectivity index (χ1) is 6.66. The minimum absolute atomic E-state index is 0.763. The van der Waals surface area contributed by atoms with E-state index in [0.717, 1.165) is 12.5 Å². The van der Waals surface area contributed by atoms with Crippen molar-refractivity contribution in [3.05, 3.63) is 35.9 Å². The predicted molar refractivity (Wildman–Crippen MR) is 61.9 cm³/mol. The van der Waals surface area contributed by atoms with Crippen LogP contribution in [-0.2, 0) is 10.8 Å². The minimum Gasteiger partial charge on any atom is -0.417 e. The van der Waals surface area contributed by atoms with Crippen LogP contribution < -0.4 is 0 Å². The molecule has 0 aromatic heterocycles. The zero-order valence-corrected chi connectivity index (χ0v) is 9.99. The van der Waals surface area contributed by atoms with Crippen LogP contribution in [0, 0.1) is 5.92 Å². The van der Waals surface area contributed by atoms with Crippen molar-refractivity contribution >= 4 is 8.32 Å². The van der Waals surface area contributed by atoms with E-state index in [1.807, 2.05) is 0 Å². The van der Waals surface area contributed by atoms with Gasteiger partial charge in [0.25, 0.3) is 0 Å². The van der Waals surface area contributed by atoms with Crippen LogP contribution in [0.4, 0.5) is 0 Å². The van der Waals surface area contributed by atoms with E-state index in [-0.39, 0.29) is 0 Å². The molecule has 0 spiro atoms. The third-order valence-electron chi connectivity index (χ3n) is 2.86. The molecule has 0 bridgehead atoms. The second kappa shape index (κ2) is 3.87. The Morgan fingerprint density at radius 2 is 2.00 bits per heavy atom. The van der Waals surface area contributed by atoms with Crippen molar-refractivity contribution in [2.24, 2.45) is 5.92 Å². The quantitative estimate of drug-likeness (QED) is 0.676. The van der Waals surface area contributed by atoms with Gasteiger partial charge in [-0.2, -0.15) is 0 Å². The van der Waals surface area contributed by atoms with E-state index in [1.54, 1.807) is 0 Å². The van der Waals surface area contributed by atoms with Gasteiger partial charge < -0.3 is 4.43 Å². The summed E-state index contributed by atoms with van der Waals surface area (Å²) in [5.74, 6) is 0.763. The van der Waals surface area contributed by atoms with E-state index in [4.69, 9.17) is 4.43 Å². The molecule has 1 nitrogen and oxygen atoms in total. The maximum Gasteiger partial charge on any atom is 0.187 e. The Bertz CT molecular complexity index is 294. The molecular formula is C12H18OSi. The van der Waals surface area contributed by atoms with Gasteiger partial charge >= 0.3 is 0 Å². The van der Waals surface area contributed by atoms with Crippen LogP contribution in [0.15, 0.2) is 30.3 Å². The molecule has 1 fully saturated rings. The van der Waals surface area contributed by atoms with Gasteiger partial charge in [0.05, 0.1) is 0 Å². The van der Waals surface area contributed by atoms with E-state index in [2.05, 4.69) is 43.4 Å². The van der Waals surface area contributed by atoms with Crippen molar-refractivity contribution in [2.45, 2.75) is 25.6 Å². The summed E-state index contributed by atoms with van der Waals surface area (Å²) < 4.78 is 5.86. The van der Waals surface area contributed by atoms with Gasteiger partial charge in [-0.25, -0.2) is 0 Å². The SMILES string of the molecule is C[Si]1(C)CC(Cc2ccccc2)CO1. The molecule has 0 aliphatic carbocycles. The lowest BCUT2D eigenvalue weighted by Gasteiger charge is -2.12. The van der Waals surface area contributed by atoms with Gasteiger partial charge in [-0.15, -0.1) is 0 Å². The molecule has 2 heteroatoms. The molecule has 1 aromatic carbocycles. The van der Waals surface area contributed by atoms with Crippen molar-refractivity contribution in [2.75, 3.05) is 6.61 Å². The molecule has 1 unspecified atom stereocenters. The van der Waals surface area contributed by atoms with Crippen LogP contribution in [0.5, 0.6) is 0 Å². The molecular weight excluding hydrogens is 188 g/mol. The van der Waals surface area contributed by atoms with Crippen molar-refractivity contribution < 1.29 is 4.43 Å². The van der Waals surface area contributed by atoms with Gasteiger partial charge in [0.15, 0.2) is 8.32 Å². The lowest BCUT2D eigenvalue weighted by Crippen LogP contribution is -2.23. The Kier molecular flexibility index (Phi) is 2.75. The molecule has 1 heterocycles. The summed E-state index contributed by atoms with van der Waals surface area (Å²) in [6.07, 6.45) is 1.19. The average Bonchev–Trinajstić information content (AvgIpc) is 2.47. The summed E-state index contributed by atoms with van der Waals surface area (Å²) in [5.41, 5.74) is 1.45. The Morgan fingerprint density at radius 1 is 1.29 bits per heavy atom. The van der Waals surface area contributed by atoms with Gasteiger partial charge in [0, 0.05) is 6.61 Å². The molecule has 0 amide bonds. The van der Waals surface area contributed by atoms with Crippen molar-refractivity contribution in [3.8, 4) is 0 Å². The topological polar surface area (TPSA) is 9.23 Å². The zero-order chi connectivity index (χ0) is 10.0. The standard InChI is InChI=1S/C12H18OSi/c1-14(2)10-12(9-13-14)8-11-6-4-3-5-7-11/h3-7,12H,8-10H2,1-2H3. The van der Waals surface area contributed by atoms with E-state index < -0.39 is 8.32 Å². The van der Waals surface area contributed by atoms with Gasteiger partial charge in [0.2, 0.25) is 0 Å². The van der Waals surface area contributed by atoms with Gasteiger partial charge in [-0.3, -0.25) is 0 Å². The second-order valence-corrected chi connectivity index (χ2v) is 9.05. The molecule has 1 atom stereocenters. The zero-order valence-electron chi connectivity index (χ0n) is 8.99. The molecule has 1 aliphatic rings. The third kappa shape index (κ3) is 2.46. The summed E-state index contributed by atoms with van der Waals surface area (Å²) >= 11 is 0. The third-order valence-corrected chi connectivity index (χ3v) is 5.37. The molecule has 1 saturated heterocycles. The number of hydrogen-bond acceptors (Lipinski definition) is 1. The van der Waals surface area contributed by atoms with Gasteiger partial charge in [0.1, 0.15) is 0 Å². The number of benzene rings is 1. The van der Waals surface area contributed by atoms with Crippen LogP contribution in [-0.4, -0.2) is 14.9 Å². The minimum atomic E-state index is -1.26. The number of hydrogen-bond donors (Lipinski definition) is 0. The Hall–Kier alpha value is -0.603. The largest absolute Gasteiger partial charge is 0.417 e. The Morgan fingerprint density at radius 3 is 2.57 bits per heavy atom. The summed E-state index contributed by atoms with van der Waals surface area (Å²) in [4.78, 5) is 0. The summed E-state index contributed by atoms with van der Waals surface area (Å²) in [5, 5.41) is 0. The van der Waals surface area contributed by atoms with Crippen LogP contribution >= 0.6 is 0 Å². The first-order valence-corrected chi connectivity index (χ1v) is 8.45. The molecule has 1 aromatic rings. The molecule has 1 aliphatic heterocycles. The molecule has 76 valence electrons. The molecule has 2 rings (SSSR count). The molecule has 14 heavy (non-hydrogen) atoms. The van der Waals surface area contributed by atoms with Crippen LogP contribution in [0.1, 0.15) is 5.56 Å². The Labute approximate surface area is 87.2 Å². The highest BCUT2D eigenvalue weighted by Crippen LogP contribution is 2.29. The second-order valence-electron chi connectivity index (χ2n) is 4.83. The fourth-order valence-corrected chi connectivity index (χ4v) is 4.69. The fraction of sp³-hybridized carbons (Fsp3) is 0.500. The predicted octanol–water partition coefficient (Wildman–Crippen LogP) is 3.08. The van der Waals surface area contributed by atoms with Crippen molar-refractivity contribution in [1.82, 2.24) is 0 Å². The van der Waals surface area contributed by atoms with Crippen LogP contribution in [0.2, 0.25) is 19.1 Å². The molecule has 0 saturated carbocycles. The van der Waals surface area contributed by atoms with E-state index in [0.29, 0.717) is 0 Å². The maximum absolute atomic E-state index is 5.86. The first kappa shape index (κ1) is 9.93. The smallest absolute Gasteiger partial charge is 0.187 e. The van der Waals surface area contributed by atoms with Crippen LogP contribution in [0.3, 0.4) is 0 Å². The van der Waals surface area contributed by atoms with E-state index in [1.165, 1.54) is 18.0 Å². The fourth-order valence-electron chi connectivity index (χ4n) is 2.24. The maximum atomic E-state index is 5.86. The lowest BCUT2D eigenvalue weighted by molar-refractivity contribution is 0.305. The lowest BCUT2D eigenvalue weighted by atomic mass is 10.0. The molecule has 0 N–H and O–H groups in total. The highest BCUT2D eigenvalue weighted by atomic mass is 28.4. The average molecular weight is 206 g/mol. The summed E-state index contributed by atoms with van der Waals surface area (Å²) in [6, 6.07) is 12.1. The van der Waals surface area contributed by atoms with Crippen molar-refractivity contribution in [1.29, 1.82) is 0 Å². The van der Waals surface area contributed by atoms with Crippen molar-refractivity contribution in [3.63, 3.8) is 0 Å². The van der Waals surface area contributed by atoms with Crippen LogP contribution in [0.25, 0.3) is 0 Å². The first-order valence-electron chi connectivity index (χ1n) is 5.34. The Balaban J connectivity index is 1.94. The van der Waals surface area contributed by atoms with Gasteiger partial charge in [-0.1, -0.05) is 30.3 Å². The summed E-state index contributed by atoms with van der Waals surface area (Å²) in [6.45, 7) is 5.62. The highest BCUT2D eigenvalue weighted by Gasteiger charge is 2.34. The number of rotatable bonds is 2. The monoisotopic (exact) mass is 206 g/mol. The highest BCUT2D eigenvalue weighted by molar-refractivity contribution is 6.71. The van der Waals surface area contributed by atoms with Gasteiger partial charge in [-0.05, 0) is 37.0 Å². The summed E-state index contributed by atoms with van der Waals surface area (Å²) in [7, 11) is -1.26. The molecule has 0 radical (unpaired) electrons. The van der Waals surface area contributed by atoms with E-state index in [9.17, 15) is 0 Å². The van der Waals surface area contributed by atoms with E-state index >= 15 is 0 Å². The normalized spacial score (nSPS) is 25.1.